The van der Waals surface area contributed by atoms with Crippen molar-refractivity contribution in [2.75, 3.05) is 13.6 Å². The van der Waals surface area contributed by atoms with Crippen molar-refractivity contribution in [2.45, 2.75) is 25.3 Å². The van der Waals surface area contributed by atoms with E-state index in [0.717, 1.165) is 12.8 Å². The average Bonchev–Trinajstić information content (AvgIpc) is 2.97. The Kier molecular flexibility index (Phi) is 3.55. The lowest BCUT2D eigenvalue weighted by molar-refractivity contribution is 0.209. The Hall–Kier alpha value is -1.46. The molecular formula is C8H16N4O2. The summed E-state index contributed by atoms with van der Waals surface area (Å²) >= 11 is 0. The molecule has 6 heteroatoms. The molecule has 0 aromatic rings. The molecule has 6 nitrogen and oxygen atoms in total. The van der Waals surface area contributed by atoms with Crippen LogP contribution >= 0.6 is 0 Å². The highest BCUT2D eigenvalue weighted by Gasteiger charge is 2.24. The summed E-state index contributed by atoms with van der Waals surface area (Å²) in [6.45, 7) is 0.453. The van der Waals surface area contributed by atoms with Crippen molar-refractivity contribution in [3.63, 3.8) is 0 Å². The van der Waals surface area contributed by atoms with Crippen molar-refractivity contribution in [3.8, 4) is 0 Å². The smallest absolute Gasteiger partial charge is 0.317 e. The Balaban J connectivity index is 2.18. The highest BCUT2D eigenvalue weighted by molar-refractivity contribution is 5.81. The fourth-order valence-corrected chi connectivity index (χ4v) is 0.946. The van der Waals surface area contributed by atoms with E-state index in [1.54, 1.807) is 7.05 Å². The van der Waals surface area contributed by atoms with Crippen molar-refractivity contribution in [1.29, 1.82) is 0 Å². The molecule has 0 saturated heterocycles. The van der Waals surface area contributed by atoms with Gasteiger partial charge in [-0.3, -0.25) is 0 Å². The van der Waals surface area contributed by atoms with E-state index < -0.39 is 0 Å². The number of hydrogen-bond acceptors (Lipinski definition) is 3. The first-order valence-electron chi connectivity index (χ1n) is 4.61. The minimum atomic E-state index is -0.0989. The minimum Gasteiger partial charge on any atom is -0.409 e. The van der Waals surface area contributed by atoms with E-state index >= 15 is 0 Å². The third-order valence-corrected chi connectivity index (χ3v) is 2.08. The lowest BCUT2D eigenvalue weighted by atomic mass is 10.4. The van der Waals surface area contributed by atoms with E-state index in [2.05, 4.69) is 10.5 Å². The predicted octanol–water partition coefficient (Wildman–Crippen LogP) is -0.0733. The van der Waals surface area contributed by atoms with Gasteiger partial charge in [0.05, 0.1) is 0 Å². The van der Waals surface area contributed by atoms with Crippen molar-refractivity contribution in [1.82, 2.24) is 10.2 Å². The van der Waals surface area contributed by atoms with Gasteiger partial charge in [0.2, 0.25) is 0 Å². The molecule has 1 saturated carbocycles. The summed E-state index contributed by atoms with van der Waals surface area (Å²) < 4.78 is 0. The average molecular weight is 200 g/mol. The summed E-state index contributed by atoms with van der Waals surface area (Å²) in [6.07, 6.45) is 2.52. The quantitative estimate of drug-likeness (QED) is 0.257. The number of nitrogens with zero attached hydrogens (tertiary/aromatic N) is 2. The number of carbonyl (C=O) groups excluding carboxylic acids is 1. The SMILES string of the molecule is CN(CCC(N)=NO)C(=O)NC1CC1. The second-order valence-corrected chi connectivity index (χ2v) is 3.49. The molecular weight excluding hydrogens is 184 g/mol. The Morgan fingerprint density at radius 1 is 1.71 bits per heavy atom. The van der Waals surface area contributed by atoms with Crippen LogP contribution in [-0.2, 0) is 0 Å². The van der Waals surface area contributed by atoms with E-state index in [4.69, 9.17) is 10.9 Å². The van der Waals surface area contributed by atoms with Gasteiger partial charge in [0.1, 0.15) is 5.84 Å². The van der Waals surface area contributed by atoms with Crippen LogP contribution in [0.1, 0.15) is 19.3 Å². The molecule has 0 radical (unpaired) electrons. The van der Waals surface area contributed by atoms with Gasteiger partial charge in [0.15, 0.2) is 0 Å². The third-order valence-electron chi connectivity index (χ3n) is 2.08. The Bertz CT molecular complexity index is 237. The summed E-state index contributed by atoms with van der Waals surface area (Å²) in [6, 6.07) is 0.257. The van der Waals surface area contributed by atoms with Crippen molar-refractivity contribution in [3.05, 3.63) is 0 Å². The fraction of sp³-hybridized carbons (Fsp3) is 0.750. The molecule has 0 aromatic carbocycles. The van der Waals surface area contributed by atoms with Gasteiger partial charge in [-0.15, -0.1) is 0 Å². The number of rotatable bonds is 4. The van der Waals surface area contributed by atoms with Crippen molar-refractivity contribution in [2.24, 2.45) is 10.9 Å². The van der Waals surface area contributed by atoms with Gasteiger partial charge in [-0.05, 0) is 12.8 Å². The number of hydrogen-bond donors (Lipinski definition) is 3. The molecule has 4 N–H and O–H groups in total. The van der Waals surface area contributed by atoms with Gasteiger partial charge in [-0.2, -0.15) is 0 Å². The van der Waals surface area contributed by atoms with Crippen LogP contribution in [0, 0.1) is 0 Å². The molecule has 2 amide bonds. The van der Waals surface area contributed by atoms with Crippen LogP contribution in [0.4, 0.5) is 4.79 Å². The standard InChI is InChI=1S/C8H16N4O2/c1-12(5-4-7(9)11-14)8(13)10-6-2-3-6/h6,14H,2-5H2,1H3,(H2,9,11)(H,10,13). The molecule has 0 heterocycles. The zero-order valence-corrected chi connectivity index (χ0v) is 8.23. The maximum absolute atomic E-state index is 11.4. The first kappa shape index (κ1) is 10.6. The molecule has 1 rings (SSSR count). The Labute approximate surface area is 82.7 Å². The highest BCUT2D eigenvalue weighted by atomic mass is 16.4. The number of carbonyl (C=O) groups is 1. The summed E-state index contributed by atoms with van der Waals surface area (Å²) in [5.74, 6) is 0.135. The monoisotopic (exact) mass is 200 g/mol. The summed E-state index contributed by atoms with van der Waals surface area (Å²) in [7, 11) is 1.68. The van der Waals surface area contributed by atoms with E-state index in [9.17, 15) is 4.79 Å². The van der Waals surface area contributed by atoms with Gasteiger partial charge < -0.3 is 21.2 Å². The second kappa shape index (κ2) is 4.69. The summed E-state index contributed by atoms with van der Waals surface area (Å²) in [5.41, 5.74) is 5.28. The molecule has 1 aliphatic rings. The number of oxime groups is 1. The van der Waals surface area contributed by atoms with Crippen molar-refractivity contribution < 1.29 is 10.0 Å². The number of amidine groups is 1. The van der Waals surface area contributed by atoms with E-state index in [0.29, 0.717) is 19.0 Å². The molecule has 0 spiro atoms. The van der Waals surface area contributed by atoms with Gasteiger partial charge in [0.25, 0.3) is 0 Å². The maximum atomic E-state index is 11.4. The second-order valence-electron chi connectivity index (χ2n) is 3.49. The third kappa shape index (κ3) is 3.51. The Morgan fingerprint density at radius 2 is 2.36 bits per heavy atom. The number of amides is 2. The van der Waals surface area contributed by atoms with Gasteiger partial charge in [-0.1, -0.05) is 5.16 Å². The summed E-state index contributed by atoms with van der Waals surface area (Å²) in [4.78, 5) is 12.9. The Morgan fingerprint density at radius 3 is 2.86 bits per heavy atom. The predicted molar refractivity (Wildman–Crippen MR) is 52.2 cm³/mol. The van der Waals surface area contributed by atoms with E-state index in [1.807, 2.05) is 0 Å². The number of urea groups is 1. The molecule has 80 valence electrons. The molecule has 0 atom stereocenters. The molecule has 1 aliphatic carbocycles. The van der Waals surface area contributed by atoms with Crippen LogP contribution in [-0.4, -0.2) is 41.6 Å². The van der Waals surface area contributed by atoms with Gasteiger partial charge in [-0.25, -0.2) is 4.79 Å². The van der Waals surface area contributed by atoms with Gasteiger partial charge >= 0.3 is 6.03 Å². The molecule has 0 aliphatic heterocycles. The van der Waals surface area contributed by atoms with Crippen molar-refractivity contribution >= 4 is 11.9 Å². The van der Waals surface area contributed by atoms with E-state index in [-0.39, 0.29) is 11.9 Å². The summed E-state index contributed by atoms with van der Waals surface area (Å²) in [5, 5.41) is 14.0. The fourth-order valence-electron chi connectivity index (χ4n) is 0.946. The molecule has 0 unspecified atom stereocenters. The normalized spacial score (nSPS) is 16.5. The number of nitrogens with one attached hydrogen (secondary N) is 1. The lowest BCUT2D eigenvalue weighted by Gasteiger charge is -2.17. The first-order chi connectivity index (χ1) is 6.63. The molecule has 0 aromatic heterocycles. The van der Waals surface area contributed by atoms with Crippen LogP contribution in [0.25, 0.3) is 0 Å². The first-order valence-corrected chi connectivity index (χ1v) is 4.61. The van der Waals surface area contributed by atoms with Crippen LogP contribution < -0.4 is 11.1 Å². The lowest BCUT2D eigenvalue weighted by Crippen LogP contribution is -2.39. The molecule has 0 bridgehead atoms. The minimum absolute atomic E-state index is 0.0989. The highest BCUT2D eigenvalue weighted by Crippen LogP contribution is 2.18. The maximum Gasteiger partial charge on any atom is 0.317 e. The topological polar surface area (TPSA) is 90.9 Å². The van der Waals surface area contributed by atoms with Crippen LogP contribution in [0.3, 0.4) is 0 Å². The van der Waals surface area contributed by atoms with Crippen LogP contribution in [0.5, 0.6) is 0 Å². The largest absolute Gasteiger partial charge is 0.409 e. The molecule has 1 fully saturated rings. The number of nitrogens with two attached hydrogens (primary N) is 1. The van der Waals surface area contributed by atoms with Crippen LogP contribution in [0.15, 0.2) is 5.16 Å². The zero-order chi connectivity index (χ0) is 10.6. The zero-order valence-electron chi connectivity index (χ0n) is 8.23. The van der Waals surface area contributed by atoms with Crippen LogP contribution in [0.2, 0.25) is 0 Å². The van der Waals surface area contributed by atoms with Gasteiger partial charge in [0, 0.05) is 26.1 Å². The molecule has 14 heavy (non-hydrogen) atoms. The van der Waals surface area contributed by atoms with E-state index in [1.165, 1.54) is 4.90 Å².